The molecular formula is C44H66N4O7. The summed E-state index contributed by atoms with van der Waals surface area (Å²) in [6.07, 6.45) is 0.636. The van der Waals surface area contributed by atoms with Crippen molar-refractivity contribution in [3.63, 3.8) is 0 Å². The van der Waals surface area contributed by atoms with E-state index in [9.17, 15) is 29.4 Å². The van der Waals surface area contributed by atoms with Crippen molar-refractivity contribution >= 4 is 5.97 Å². The highest BCUT2D eigenvalue weighted by Crippen LogP contribution is 2.41. The second kappa shape index (κ2) is 14.4. The van der Waals surface area contributed by atoms with Crippen molar-refractivity contribution in [2.24, 2.45) is 0 Å². The van der Waals surface area contributed by atoms with Crippen LogP contribution in [0.3, 0.4) is 0 Å². The normalized spacial score (nSPS) is 16.7. The Morgan fingerprint density at radius 2 is 0.909 bits per heavy atom. The van der Waals surface area contributed by atoms with E-state index in [1.807, 2.05) is 111 Å². The number of ether oxygens (including phenoxy) is 1. The average molecular weight is 763 g/mol. The quantitative estimate of drug-likeness (QED) is 0.225. The fraction of sp³-hybridized carbons (Fsp3) is 0.636. The molecule has 0 spiro atoms. The number of phenols is 2. The minimum atomic E-state index is -0.937. The van der Waals surface area contributed by atoms with Crippen LogP contribution in [0.15, 0.2) is 38.6 Å². The third kappa shape index (κ3) is 9.83. The SMILES string of the molecule is CC1(C)CC(OC(=O)Cn2c(=O)n(Cc3cc(C(C)(C)C)c(O)c(C(C)(C)C)c3)c(=O)n(Cc3cc(C(C)(C)C)c(O)c(C(C)(C)C)c3)c2=O)CC(C)(C)N1. The lowest BCUT2D eigenvalue weighted by Crippen LogP contribution is -2.60. The van der Waals surface area contributed by atoms with Gasteiger partial charge in [0.1, 0.15) is 24.1 Å². The number of carbonyl (C=O) groups is 1. The molecule has 0 bridgehead atoms. The molecule has 11 heteroatoms. The minimum absolute atomic E-state index is 0.155. The van der Waals surface area contributed by atoms with Gasteiger partial charge in [0.25, 0.3) is 0 Å². The molecule has 1 saturated heterocycles. The van der Waals surface area contributed by atoms with Crippen LogP contribution >= 0.6 is 0 Å². The molecule has 0 unspecified atom stereocenters. The van der Waals surface area contributed by atoms with Crippen LogP contribution in [0.2, 0.25) is 0 Å². The summed E-state index contributed by atoms with van der Waals surface area (Å²) in [5, 5.41) is 26.3. The number of nitrogens with one attached hydrogen (secondary N) is 1. The molecule has 55 heavy (non-hydrogen) atoms. The van der Waals surface area contributed by atoms with Crippen LogP contribution in [0, 0.1) is 0 Å². The molecule has 304 valence electrons. The van der Waals surface area contributed by atoms with E-state index in [2.05, 4.69) is 5.32 Å². The van der Waals surface area contributed by atoms with E-state index in [1.54, 1.807) is 24.3 Å². The maximum atomic E-state index is 14.5. The lowest BCUT2D eigenvalue weighted by molar-refractivity contribution is -0.154. The lowest BCUT2D eigenvalue weighted by Gasteiger charge is -2.45. The van der Waals surface area contributed by atoms with Crippen molar-refractivity contribution in [2.75, 3.05) is 0 Å². The third-order valence-corrected chi connectivity index (χ3v) is 10.4. The van der Waals surface area contributed by atoms with Gasteiger partial charge in [0.2, 0.25) is 0 Å². The van der Waals surface area contributed by atoms with Gasteiger partial charge in [0.15, 0.2) is 0 Å². The predicted octanol–water partition coefficient (Wildman–Crippen LogP) is 6.72. The number of hydrogen-bond acceptors (Lipinski definition) is 8. The van der Waals surface area contributed by atoms with Gasteiger partial charge in [-0.1, -0.05) is 83.1 Å². The second-order valence-electron chi connectivity index (χ2n) is 21.1. The zero-order valence-electron chi connectivity index (χ0n) is 36.2. The fourth-order valence-corrected chi connectivity index (χ4v) is 7.98. The summed E-state index contributed by atoms with van der Waals surface area (Å²) in [5.74, 6) is -0.442. The van der Waals surface area contributed by atoms with Gasteiger partial charge in [-0.25, -0.2) is 28.1 Å². The molecule has 0 aliphatic carbocycles. The lowest BCUT2D eigenvalue weighted by atomic mass is 9.78. The summed E-state index contributed by atoms with van der Waals surface area (Å²) < 4.78 is 8.67. The largest absolute Gasteiger partial charge is 0.507 e. The topological polar surface area (TPSA) is 145 Å². The van der Waals surface area contributed by atoms with E-state index in [1.165, 1.54) is 0 Å². The molecule has 1 aromatic heterocycles. The summed E-state index contributed by atoms with van der Waals surface area (Å²) in [4.78, 5) is 56.7. The van der Waals surface area contributed by atoms with E-state index >= 15 is 0 Å². The van der Waals surface area contributed by atoms with Gasteiger partial charge < -0.3 is 20.3 Å². The van der Waals surface area contributed by atoms with E-state index < -0.39 is 57.3 Å². The van der Waals surface area contributed by atoms with Gasteiger partial charge in [-0.15, -0.1) is 0 Å². The Kier molecular flexibility index (Phi) is 11.4. The molecule has 3 aromatic rings. The van der Waals surface area contributed by atoms with Crippen molar-refractivity contribution in [1.82, 2.24) is 19.0 Å². The molecule has 1 aliphatic rings. The minimum Gasteiger partial charge on any atom is -0.507 e. The highest BCUT2D eigenvalue weighted by atomic mass is 16.5. The van der Waals surface area contributed by atoms with Crippen LogP contribution in [-0.4, -0.2) is 47.1 Å². The molecular weight excluding hydrogens is 697 g/mol. The van der Waals surface area contributed by atoms with E-state index in [0.717, 1.165) is 13.7 Å². The fourth-order valence-electron chi connectivity index (χ4n) is 7.98. The number of esters is 1. The molecule has 4 rings (SSSR count). The number of rotatable bonds is 7. The number of nitrogens with zero attached hydrogens (tertiary/aromatic N) is 3. The van der Waals surface area contributed by atoms with Crippen LogP contribution in [0.1, 0.15) is 157 Å². The molecule has 0 amide bonds. The summed E-state index contributed by atoms with van der Waals surface area (Å²) in [6.45, 7) is 30.7. The van der Waals surface area contributed by atoms with Gasteiger partial charge in [0, 0.05) is 23.9 Å². The third-order valence-electron chi connectivity index (χ3n) is 10.4. The van der Waals surface area contributed by atoms with Crippen molar-refractivity contribution in [1.29, 1.82) is 0 Å². The number of aromatic nitrogens is 3. The first kappa shape index (κ1) is 43.6. The van der Waals surface area contributed by atoms with Crippen molar-refractivity contribution in [3.05, 3.63) is 89.1 Å². The number of phenolic OH excluding ortho intramolecular Hbond substituents is 2. The van der Waals surface area contributed by atoms with Crippen LogP contribution < -0.4 is 22.4 Å². The maximum absolute atomic E-state index is 14.5. The van der Waals surface area contributed by atoms with Crippen LogP contribution in [0.5, 0.6) is 11.5 Å². The molecule has 11 nitrogen and oxygen atoms in total. The molecule has 0 radical (unpaired) electrons. The molecule has 2 aromatic carbocycles. The Balaban J connectivity index is 1.95. The Hall–Kier alpha value is -4.12. The van der Waals surface area contributed by atoms with E-state index in [0.29, 0.717) is 46.2 Å². The van der Waals surface area contributed by atoms with E-state index in [-0.39, 0.29) is 35.7 Å². The standard InChI is InChI=1S/C44H66N4O7/c1-39(2,3)29-17-26(18-30(34(29)50)40(4,5)6)23-46-36(52)47(24-27-19-31(41(7,8)9)35(51)32(20-27)42(10,11)12)38(54)48(37(46)53)25-33(49)55-28-21-43(13,14)45-44(15,16)22-28/h17-20,28,45,50-51H,21-25H2,1-16H3. The first-order valence-corrected chi connectivity index (χ1v) is 19.4. The van der Waals surface area contributed by atoms with Crippen LogP contribution in [0.4, 0.5) is 0 Å². The summed E-state index contributed by atoms with van der Waals surface area (Å²) >= 11 is 0. The number of piperidine rings is 1. The smallest absolute Gasteiger partial charge is 0.337 e. The first-order valence-electron chi connectivity index (χ1n) is 19.4. The summed E-state index contributed by atoms with van der Waals surface area (Å²) in [5.41, 5.74) is -1.44. The van der Waals surface area contributed by atoms with Crippen LogP contribution in [-0.2, 0) is 50.8 Å². The molecule has 1 aliphatic heterocycles. The zero-order valence-corrected chi connectivity index (χ0v) is 36.2. The molecule has 1 fully saturated rings. The summed E-state index contributed by atoms with van der Waals surface area (Å²) in [6, 6.07) is 7.15. The highest BCUT2D eigenvalue weighted by molar-refractivity contribution is 5.69. The Labute approximate surface area is 326 Å². The predicted molar refractivity (Wildman–Crippen MR) is 219 cm³/mol. The molecule has 0 atom stereocenters. The molecule has 0 saturated carbocycles. The Morgan fingerprint density at radius 1 is 0.618 bits per heavy atom. The summed E-state index contributed by atoms with van der Waals surface area (Å²) in [7, 11) is 0. The van der Waals surface area contributed by atoms with Crippen LogP contribution in [0.25, 0.3) is 0 Å². The number of hydrogen-bond donors (Lipinski definition) is 3. The van der Waals surface area contributed by atoms with Gasteiger partial charge in [-0.2, -0.15) is 0 Å². The maximum Gasteiger partial charge on any atom is 0.337 e. The number of benzene rings is 2. The highest BCUT2D eigenvalue weighted by Gasteiger charge is 2.39. The Bertz CT molecular complexity index is 1930. The van der Waals surface area contributed by atoms with Gasteiger partial charge >= 0.3 is 23.0 Å². The number of carbonyl (C=O) groups excluding carboxylic acids is 1. The van der Waals surface area contributed by atoms with Crippen molar-refractivity contribution < 1.29 is 19.7 Å². The van der Waals surface area contributed by atoms with Crippen molar-refractivity contribution in [3.8, 4) is 11.5 Å². The molecule has 2 heterocycles. The zero-order chi connectivity index (χ0) is 42.0. The van der Waals surface area contributed by atoms with Gasteiger partial charge in [0.05, 0.1) is 13.1 Å². The molecule has 3 N–H and O–H groups in total. The monoisotopic (exact) mass is 762 g/mol. The number of aromatic hydroxyl groups is 2. The first-order chi connectivity index (χ1) is 24.7. The van der Waals surface area contributed by atoms with E-state index in [4.69, 9.17) is 4.74 Å². The average Bonchev–Trinajstić information content (AvgIpc) is 2.97. The van der Waals surface area contributed by atoms with Crippen molar-refractivity contribution in [2.45, 2.75) is 182 Å². The second-order valence-corrected chi connectivity index (χ2v) is 21.1. The Morgan fingerprint density at radius 3 is 1.20 bits per heavy atom. The van der Waals surface area contributed by atoms with Gasteiger partial charge in [-0.05, 0) is 107 Å². The van der Waals surface area contributed by atoms with Gasteiger partial charge in [-0.3, -0.25) is 4.79 Å².